The number of fused-ring (bicyclic) bond motifs is 1. The van der Waals surface area contributed by atoms with Crippen LogP contribution in [0.15, 0.2) is 60.9 Å². The molecule has 0 bridgehead atoms. The number of non-ortho nitro benzene ring substituents is 1. The van der Waals surface area contributed by atoms with Crippen molar-refractivity contribution in [1.29, 1.82) is 0 Å². The lowest BCUT2D eigenvalue weighted by Gasteiger charge is -2.11. The van der Waals surface area contributed by atoms with E-state index < -0.39 is 21.4 Å². The van der Waals surface area contributed by atoms with Crippen LogP contribution in [0.5, 0.6) is 11.6 Å². The first kappa shape index (κ1) is 23.0. The van der Waals surface area contributed by atoms with Gasteiger partial charge in [-0.15, -0.1) is 0 Å². The van der Waals surface area contributed by atoms with Gasteiger partial charge in [-0.05, 0) is 24.6 Å². The second kappa shape index (κ2) is 9.74. The summed E-state index contributed by atoms with van der Waals surface area (Å²) >= 11 is 0. The summed E-state index contributed by atoms with van der Waals surface area (Å²) in [6.45, 7) is 1.81. The number of nitrogens with one attached hydrogen (secondary N) is 2. The predicted molar refractivity (Wildman–Crippen MR) is 124 cm³/mol. The standard InChI is InChI=1S/C22H17N7O6/c1-13-5-8-15-3-2-4-17(19(15)25-13)35-22-20(29(33)34)21(23-12-24-22)27-26-18(30)11-14-6-9-16(10-7-14)28(31)32/h2-10,12H,11H2,1H3,(H,26,30)(H,23,24,27). The molecular weight excluding hydrogens is 458 g/mol. The van der Waals surface area contributed by atoms with Gasteiger partial charge < -0.3 is 4.74 Å². The molecule has 13 heteroatoms. The molecule has 0 fully saturated rings. The van der Waals surface area contributed by atoms with Crippen LogP contribution in [-0.4, -0.2) is 30.7 Å². The van der Waals surface area contributed by atoms with E-state index in [9.17, 15) is 25.0 Å². The van der Waals surface area contributed by atoms with Crippen molar-refractivity contribution in [2.75, 3.05) is 5.43 Å². The number of carbonyl (C=O) groups is 1. The number of ether oxygens (including phenoxy) is 1. The van der Waals surface area contributed by atoms with Crippen molar-refractivity contribution in [2.24, 2.45) is 0 Å². The Kier molecular flexibility index (Phi) is 6.39. The van der Waals surface area contributed by atoms with Crippen molar-refractivity contribution in [1.82, 2.24) is 20.4 Å². The Morgan fingerprint density at radius 2 is 1.77 bits per heavy atom. The molecule has 2 N–H and O–H groups in total. The number of para-hydroxylation sites is 1. The fourth-order valence-corrected chi connectivity index (χ4v) is 3.19. The number of aromatic nitrogens is 3. The highest BCUT2D eigenvalue weighted by atomic mass is 16.6. The fourth-order valence-electron chi connectivity index (χ4n) is 3.19. The molecule has 0 aliphatic rings. The molecule has 176 valence electrons. The van der Waals surface area contributed by atoms with Crippen LogP contribution in [0, 0.1) is 27.2 Å². The number of carbonyl (C=O) groups excluding carboxylic acids is 1. The molecule has 2 aromatic heterocycles. The zero-order valence-corrected chi connectivity index (χ0v) is 18.2. The van der Waals surface area contributed by atoms with Gasteiger partial charge in [0.15, 0.2) is 5.75 Å². The number of hydrazine groups is 1. The van der Waals surface area contributed by atoms with Crippen LogP contribution in [0.4, 0.5) is 17.2 Å². The largest absolute Gasteiger partial charge is 0.431 e. The first-order valence-electron chi connectivity index (χ1n) is 10.1. The third-order valence-corrected chi connectivity index (χ3v) is 4.83. The maximum Gasteiger partial charge on any atom is 0.374 e. The first-order valence-corrected chi connectivity index (χ1v) is 10.1. The molecule has 0 aliphatic heterocycles. The number of nitrogens with zero attached hydrogens (tertiary/aromatic N) is 5. The van der Waals surface area contributed by atoms with Gasteiger partial charge in [-0.25, -0.2) is 9.97 Å². The van der Waals surface area contributed by atoms with Gasteiger partial charge in [-0.3, -0.25) is 35.9 Å². The van der Waals surface area contributed by atoms with Crippen molar-refractivity contribution in [3.8, 4) is 11.6 Å². The Morgan fingerprint density at radius 3 is 2.49 bits per heavy atom. The average molecular weight is 475 g/mol. The summed E-state index contributed by atoms with van der Waals surface area (Å²) in [5.74, 6) is -0.918. The van der Waals surface area contributed by atoms with E-state index in [2.05, 4.69) is 25.8 Å². The van der Waals surface area contributed by atoms with Crippen LogP contribution in [-0.2, 0) is 11.2 Å². The second-order valence-electron chi connectivity index (χ2n) is 7.29. The summed E-state index contributed by atoms with van der Waals surface area (Å²) < 4.78 is 5.75. The first-order chi connectivity index (χ1) is 16.8. The Morgan fingerprint density at radius 1 is 1.00 bits per heavy atom. The minimum absolute atomic E-state index is 0.104. The maximum absolute atomic E-state index is 12.3. The topological polar surface area (TPSA) is 175 Å². The summed E-state index contributed by atoms with van der Waals surface area (Å²) in [4.78, 5) is 45.7. The molecule has 0 saturated heterocycles. The fraction of sp³-hybridized carbons (Fsp3) is 0.0909. The van der Waals surface area contributed by atoms with E-state index in [1.54, 1.807) is 12.1 Å². The molecule has 35 heavy (non-hydrogen) atoms. The lowest BCUT2D eigenvalue weighted by Crippen LogP contribution is -2.31. The van der Waals surface area contributed by atoms with Gasteiger partial charge >= 0.3 is 11.6 Å². The van der Waals surface area contributed by atoms with Gasteiger partial charge in [0.25, 0.3) is 5.69 Å². The van der Waals surface area contributed by atoms with Gasteiger partial charge in [0.05, 0.1) is 16.3 Å². The van der Waals surface area contributed by atoms with Crippen LogP contribution in [0.25, 0.3) is 10.9 Å². The number of hydrogen-bond donors (Lipinski definition) is 2. The number of rotatable bonds is 8. The maximum atomic E-state index is 12.3. The van der Waals surface area contributed by atoms with Crippen molar-refractivity contribution >= 4 is 34.0 Å². The molecular formula is C22H17N7O6. The van der Waals surface area contributed by atoms with Gasteiger partial charge in [0, 0.05) is 23.2 Å². The summed E-state index contributed by atoms with van der Waals surface area (Å²) in [6.07, 6.45) is 0.922. The zero-order valence-electron chi connectivity index (χ0n) is 18.2. The van der Waals surface area contributed by atoms with E-state index in [0.717, 1.165) is 17.4 Å². The average Bonchev–Trinajstić information content (AvgIpc) is 2.83. The smallest absolute Gasteiger partial charge is 0.374 e. The Hall–Kier alpha value is -5.20. The number of hydrogen-bond acceptors (Lipinski definition) is 10. The molecule has 0 saturated carbocycles. The number of benzene rings is 2. The number of aryl methyl sites for hydroxylation is 1. The van der Waals surface area contributed by atoms with Crippen LogP contribution in [0.3, 0.4) is 0 Å². The zero-order chi connectivity index (χ0) is 24.9. The van der Waals surface area contributed by atoms with Crippen LogP contribution >= 0.6 is 0 Å². The molecule has 2 aromatic carbocycles. The molecule has 1 amide bonds. The molecule has 0 aliphatic carbocycles. The Balaban J connectivity index is 1.53. The summed E-state index contributed by atoms with van der Waals surface area (Å²) in [5, 5.41) is 23.3. The summed E-state index contributed by atoms with van der Waals surface area (Å²) in [5.41, 5.74) is 5.80. The minimum Gasteiger partial charge on any atom is -0.431 e. The van der Waals surface area contributed by atoms with E-state index in [0.29, 0.717) is 11.1 Å². The van der Waals surface area contributed by atoms with Gasteiger partial charge in [-0.2, -0.15) is 4.98 Å². The highest BCUT2D eigenvalue weighted by molar-refractivity contribution is 5.85. The predicted octanol–water partition coefficient (Wildman–Crippen LogP) is 3.63. The van der Waals surface area contributed by atoms with Crippen LogP contribution < -0.4 is 15.6 Å². The quantitative estimate of drug-likeness (QED) is 0.283. The Labute approximate surface area is 197 Å². The van der Waals surface area contributed by atoms with Crippen LogP contribution in [0.1, 0.15) is 11.3 Å². The molecule has 0 spiro atoms. The number of nitro groups is 2. The minimum atomic E-state index is -0.732. The third kappa shape index (κ3) is 5.24. The normalized spacial score (nSPS) is 10.5. The van der Waals surface area contributed by atoms with Gasteiger partial charge in [0.1, 0.15) is 11.8 Å². The number of nitro benzene ring substituents is 1. The molecule has 13 nitrogen and oxygen atoms in total. The number of pyridine rings is 1. The molecule has 0 radical (unpaired) electrons. The van der Waals surface area contributed by atoms with E-state index in [4.69, 9.17) is 4.74 Å². The number of anilines is 1. The summed E-state index contributed by atoms with van der Waals surface area (Å²) in [7, 11) is 0. The SMILES string of the molecule is Cc1ccc2cccc(Oc3ncnc(NNC(=O)Cc4ccc([N+](=O)[O-])cc4)c3[N+](=O)[O-])c2n1. The number of amides is 1. The lowest BCUT2D eigenvalue weighted by molar-refractivity contribution is -0.385. The van der Waals surface area contributed by atoms with Crippen molar-refractivity contribution in [3.63, 3.8) is 0 Å². The van der Waals surface area contributed by atoms with Gasteiger partial charge in [0.2, 0.25) is 11.7 Å². The van der Waals surface area contributed by atoms with E-state index in [1.165, 1.54) is 24.3 Å². The van der Waals surface area contributed by atoms with Crippen LogP contribution in [0.2, 0.25) is 0 Å². The highest BCUT2D eigenvalue weighted by Crippen LogP contribution is 2.36. The molecule has 4 rings (SSSR count). The van der Waals surface area contributed by atoms with Crippen molar-refractivity contribution in [2.45, 2.75) is 13.3 Å². The molecule has 4 aromatic rings. The van der Waals surface area contributed by atoms with Crippen molar-refractivity contribution in [3.05, 3.63) is 92.4 Å². The van der Waals surface area contributed by atoms with Gasteiger partial charge in [-0.1, -0.05) is 30.3 Å². The summed E-state index contributed by atoms with van der Waals surface area (Å²) in [6, 6.07) is 14.3. The lowest BCUT2D eigenvalue weighted by atomic mass is 10.1. The molecule has 0 atom stereocenters. The van der Waals surface area contributed by atoms with E-state index in [-0.39, 0.29) is 29.6 Å². The van der Waals surface area contributed by atoms with E-state index >= 15 is 0 Å². The third-order valence-electron chi connectivity index (χ3n) is 4.83. The van der Waals surface area contributed by atoms with Crippen molar-refractivity contribution < 1.29 is 19.4 Å². The monoisotopic (exact) mass is 475 g/mol. The highest BCUT2D eigenvalue weighted by Gasteiger charge is 2.26. The second-order valence-corrected chi connectivity index (χ2v) is 7.29. The Bertz CT molecular complexity index is 1440. The molecule has 0 unspecified atom stereocenters. The molecule has 2 heterocycles. The van der Waals surface area contributed by atoms with E-state index in [1.807, 2.05) is 25.1 Å².